The van der Waals surface area contributed by atoms with E-state index < -0.39 is 6.10 Å². The van der Waals surface area contributed by atoms with Crippen LogP contribution in [0.1, 0.15) is 32.3 Å². The predicted molar refractivity (Wildman–Crippen MR) is 101 cm³/mol. The van der Waals surface area contributed by atoms with Gasteiger partial charge in [-0.05, 0) is 56.7 Å². The molecule has 4 nitrogen and oxygen atoms in total. The van der Waals surface area contributed by atoms with Crippen molar-refractivity contribution in [2.45, 2.75) is 42.8 Å². The summed E-state index contributed by atoms with van der Waals surface area (Å²) in [5.74, 6) is 1.62. The summed E-state index contributed by atoms with van der Waals surface area (Å²) in [6, 6.07) is 8.04. The maximum Gasteiger partial charge on any atom is 0.119 e. The van der Waals surface area contributed by atoms with Crippen molar-refractivity contribution >= 4 is 22.6 Å². The van der Waals surface area contributed by atoms with E-state index in [0.29, 0.717) is 13.2 Å². The Bertz CT molecular complexity index is 454. The third kappa shape index (κ3) is 8.88. The van der Waals surface area contributed by atoms with E-state index in [4.69, 9.17) is 9.47 Å². The molecule has 0 aromatic heterocycles. The van der Waals surface area contributed by atoms with E-state index in [1.54, 1.807) is 0 Å². The number of aliphatic hydroxyl groups is 1. The average molecular weight is 433 g/mol. The van der Waals surface area contributed by atoms with Crippen molar-refractivity contribution in [2.24, 2.45) is 5.92 Å². The Hall–Kier alpha value is -0.370. The van der Waals surface area contributed by atoms with Gasteiger partial charge in [0.1, 0.15) is 18.5 Å². The summed E-state index contributed by atoms with van der Waals surface area (Å²) in [4.78, 5) is 0. The minimum Gasteiger partial charge on any atom is -0.491 e. The first-order valence-electron chi connectivity index (χ1n) is 8.34. The number of ether oxygens (including phenoxy) is 2. The molecule has 0 saturated heterocycles. The zero-order valence-electron chi connectivity index (χ0n) is 14.1. The van der Waals surface area contributed by atoms with Crippen molar-refractivity contribution < 1.29 is 14.6 Å². The third-order valence-corrected chi connectivity index (χ3v) is 4.09. The highest BCUT2D eigenvalue weighted by Gasteiger charge is 2.20. The molecular weight excluding hydrogens is 405 g/mol. The van der Waals surface area contributed by atoms with Gasteiger partial charge in [-0.15, -0.1) is 0 Å². The normalized spacial score (nSPS) is 16.3. The fraction of sp³-hybridized carbons (Fsp3) is 0.667. The molecule has 1 aromatic rings. The molecule has 0 radical (unpaired) electrons. The van der Waals surface area contributed by atoms with Crippen LogP contribution < -0.4 is 10.1 Å². The Balaban J connectivity index is 1.61. The summed E-state index contributed by atoms with van der Waals surface area (Å²) in [5, 5.41) is 13.2. The lowest BCUT2D eigenvalue weighted by Gasteiger charge is -2.21. The standard InChI is InChI=1S/C18H28INO3/c1-18(2,19)20-11-16(21)13-23-17-7-5-14(6-8-17)9-10-22-12-15-3-4-15/h5-8,15-16,20-21H,3-4,9-13H2,1-2H3. The van der Waals surface area contributed by atoms with Gasteiger partial charge in [0, 0.05) is 13.2 Å². The van der Waals surface area contributed by atoms with E-state index in [1.165, 1.54) is 18.4 Å². The molecule has 1 fully saturated rings. The molecule has 1 aromatic carbocycles. The number of aliphatic hydroxyl groups excluding tert-OH is 1. The van der Waals surface area contributed by atoms with Crippen LogP contribution in [0, 0.1) is 5.92 Å². The van der Waals surface area contributed by atoms with Gasteiger partial charge in [0.2, 0.25) is 0 Å². The minimum absolute atomic E-state index is 0.0258. The molecule has 1 aliphatic carbocycles. The van der Waals surface area contributed by atoms with E-state index in [1.807, 2.05) is 12.1 Å². The summed E-state index contributed by atoms with van der Waals surface area (Å²) in [6.45, 7) is 6.65. The second-order valence-electron chi connectivity index (χ2n) is 6.73. The highest BCUT2D eigenvalue weighted by molar-refractivity contribution is 14.1. The highest BCUT2D eigenvalue weighted by atomic mass is 127. The summed E-state index contributed by atoms with van der Waals surface area (Å²) >= 11 is 2.30. The van der Waals surface area contributed by atoms with Crippen LogP contribution in [0.15, 0.2) is 24.3 Å². The van der Waals surface area contributed by atoms with Crippen LogP contribution in [-0.2, 0) is 11.2 Å². The number of benzene rings is 1. The van der Waals surface area contributed by atoms with Gasteiger partial charge in [0.25, 0.3) is 0 Å². The molecule has 0 bridgehead atoms. The smallest absolute Gasteiger partial charge is 0.119 e. The fourth-order valence-corrected chi connectivity index (χ4v) is 2.31. The molecule has 1 atom stereocenters. The summed E-state index contributed by atoms with van der Waals surface area (Å²) in [5.41, 5.74) is 1.25. The fourth-order valence-electron chi connectivity index (χ4n) is 2.09. The Kier molecular flexibility index (Phi) is 7.59. The van der Waals surface area contributed by atoms with Gasteiger partial charge in [-0.1, -0.05) is 34.7 Å². The molecule has 0 heterocycles. The van der Waals surface area contributed by atoms with Gasteiger partial charge in [0.15, 0.2) is 0 Å². The molecule has 1 saturated carbocycles. The molecule has 2 N–H and O–H groups in total. The van der Waals surface area contributed by atoms with Crippen LogP contribution in [0.25, 0.3) is 0 Å². The van der Waals surface area contributed by atoms with Gasteiger partial charge in [-0.25, -0.2) is 0 Å². The monoisotopic (exact) mass is 433 g/mol. The number of hydrogen-bond acceptors (Lipinski definition) is 4. The third-order valence-electron chi connectivity index (χ3n) is 3.71. The van der Waals surface area contributed by atoms with Crippen LogP contribution in [-0.4, -0.2) is 41.1 Å². The lowest BCUT2D eigenvalue weighted by Crippen LogP contribution is -2.40. The second-order valence-corrected chi connectivity index (χ2v) is 9.43. The van der Waals surface area contributed by atoms with Gasteiger partial charge >= 0.3 is 0 Å². The first-order chi connectivity index (χ1) is 10.9. The zero-order valence-corrected chi connectivity index (χ0v) is 16.2. The molecule has 0 amide bonds. The molecule has 23 heavy (non-hydrogen) atoms. The Morgan fingerprint density at radius 3 is 2.61 bits per heavy atom. The molecule has 1 unspecified atom stereocenters. The Labute approximate surface area is 153 Å². The van der Waals surface area contributed by atoms with E-state index in [9.17, 15) is 5.11 Å². The minimum atomic E-state index is -0.514. The van der Waals surface area contributed by atoms with Gasteiger partial charge in [-0.2, -0.15) is 0 Å². The Morgan fingerprint density at radius 2 is 2.00 bits per heavy atom. The first kappa shape index (κ1) is 19.0. The topological polar surface area (TPSA) is 50.7 Å². The van der Waals surface area contributed by atoms with Crippen LogP contribution in [0.2, 0.25) is 0 Å². The Morgan fingerprint density at radius 1 is 1.30 bits per heavy atom. The lowest BCUT2D eigenvalue weighted by atomic mass is 10.1. The second kappa shape index (κ2) is 9.20. The van der Waals surface area contributed by atoms with Crippen molar-refractivity contribution in [2.75, 3.05) is 26.4 Å². The van der Waals surface area contributed by atoms with Crippen molar-refractivity contribution in [3.63, 3.8) is 0 Å². The molecule has 0 spiro atoms. The van der Waals surface area contributed by atoms with Crippen LogP contribution in [0.5, 0.6) is 5.75 Å². The first-order valence-corrected chi connectivity index (χ1v) is 9.42. The molecule has 2 rings (SSSR count). The molecule has 0 aliphatic heterocycles. The number of alkyl halides is 1. The zero-order chi connectivity index (χ0) is 16.7. The number of nitrogens with one attached hydrogen (secondary N) is 1. The van der Waals surface area contributed by atoms with E-state index >= 15 is 0 Å². The maximum atomic E-state index is 9.91. The number of hydrogen-bond donors (Lipinski definition) is 2. The SMILES string of the molecule is CC(C)(I)NCC(O)COc1ccc(CCOCC2CC2)cc1. The van der Waals surface area contributed by atoms with Crippen LogP contribution >= 0.6 is 22.6 Å². The van der Waals surface area contributed by atoms with E-state index in [-0.39, 0.29) is 3.55 Å². The van der Waals surface area contributed by atoms with Gasteiger partial charge in [-0.3, -0.25) is 0 Å². The summed E-state index contributed by atoms with van der Waals surface area (Å²) < 4.78 is 11.3. The average Bonchev–Trinajstić information content (AvgIpc) is 3.32. The van der Waals surface area contributed by atoms with Crippen LogP contribution in [0.3, 0.4) is 0 Å². The predicted octanol–water partition coefficient (Wildman–Crippen LogP) is 3.16. The largest absolute Gasteiger partial charge is 0.491 e. The quantitative estimate of drug-likeness (QED) is 0.244. The van der Waals surface area contributed by atoms with Crippen molar-refractivity contribution in [1.82, 2.24) is 5.32 Å². The van der Waals surface area contributed by atoms with Crippen molar-refractivity contribution in [3.05, 3.63) is 29.8 Å². The van der Waals surface area contributed by atoms with Gasteiger partial charge in [0.05, 0.1) is 10.2 Å². The van der Waals surface area contributed by atoms with E-state index in [0.717, 1.165) is 31.3 Å². The number of halogens is 1. The number of rotatable bonds is 11. The highest BCUT2D eigenvalue weighted by Crippen LogP contribution is 2.28. The molecule has 130 valence electrons. The summed E-state index contributed by atoms with van der Waals surface area (Å²) in [7, 11) is 0. The molecule has 5 heteroatoms. The summed E-state index contributed by atoms with van der Waals surface area (Å²) in [6.07, 6.45) is 3.09. The van der Waals surface area contributed by atoms with Crippen molar-refractivity contribution in [1.29, 1.82) is 0 Å². The molecular formula is C18H28INO3. The molecule has 1 aliphatic rings. The maximum absolute atomic E-state index is 9.91. The van der Waals surface area contributed by atoms with E-state index in [2.05, 4.69) is 53.9 Å². The van der Waals surface area contributed by atoms with Crippen molar-refractivity contribution in [3.8, 4) is 5.75 Å². The van der Waals surface area contributed by atoms with Crippen LogP contribution in [0.4, 0.5) is 0 Å². The lowest BCUT2D eigenvalue weighted by molar-refractivity contribution is 0.104. The van der Waals surface area contributed by atoms with Gasteiger partial charge < -0.3 is 19.9 Å².